The highest BCUT2D eigenvalue weighted by atomic mass is 32.2. The lowest BCUT2D eigenvalue weighted by Crippen LogP contribution is -2.14. The molecule has 3 aromatic rings. The van der Waals surface area contributed by atoms with E-state index in [1.807, 2.05) is 0 Å². The number of hydrogen-bond donors (Lipinski definition) is 2. The normalized spacial score (nSPS) is 11.0. The fourth-order valence-corrected chi connectivity index (χ4v) is 3.80. The summed E-state index contributed by atoms with van der Waals surface area (Å²) in [5.74, 6) is -0.257. The summed E-state index contributed by atoms with van der Waals surface area (Å²) >= 11 is 0. The van der Waals surface area contributed by atoms with Crippen LogP contribution in [0.5, 0.6) is 0 Å². The Labute approximate surface area is 173 Å². The quantitative estimate of drug-likeness (QED) is 0.583. The third-order valence-electron chi connectivity index (χ3n) is 4.09. The van der Waals surface area contributed by atoms with Gasteiger partial charge in [0.15, 0.2) is 0 Å². The Morgan fingerprint density at radius 2 is 1.67 bits per heavy atom. The number of nitrogens with one attached hydrogen (secondary N) is 2. The van der Waals surface area contributed by atoms with E-state index in [9.17, 15) is 18.0 Å². The highest BCUT2D eigenvalue weighted by Crippen LogP contribution is 2.21. The largest absolute Gasteiger partial charge is 0.465 e. The van der Waals surface area contributed by atoms with Crippen LogP contribution in [-0.4, -0.2) is 37.2 Å². The van der Waals surface area contributed by atoms with Gasteiger partial charge in [-0.15, -0.1) is 0 Å². The van der Waals surface area contributed by atoms with Crippen LogP contribution >= 0.6 is 0 Å². The van der Waals surface area contributed by atoms with Crippen LogP contribution in [0.3, 0.4) is 0 Å². The van der Waals surface area contributed by atoms with Crippen molar-refractivity contribution in [3.63, 3.8) is 0 Å². The smallest absolute Gasteiger partial charge is 0.337 e. The highest BCUT2D eigenvalue weighted by Gasteiger charge is 2.16. The zero-order valence-corrected chi connectivity index (χ0v) is 17.4. The van der Waals surface area contributed by atoms with Crippen molar-refractivity contribution in [1.29, 1.82) is 0 Å². The number of carbonyl (C=O) groups is 2. The van der Waals surface area contributed by atoms with Crippen molar-refractivity contribution in [3.05, 3.63) is 65.9 Å². The molecule has 1 heterocycles. The third kappa shape index (κ3) is 4.66. The van der Waals surface area contributed by atoms with Crippen LogP contribution in [0.2, 0.25) is 0 Å². The minimum atomic E-state index is -3.84. The molecule has 0 aliphatic heterocycles. The molecule has 2 N–H and O–H groups in total. The zero-order valence-electron chi connectivity index (χ0n) is 16.5. The summed E-state index contributed by atoms with van der Waals surface area (Å²) in [7, 11) is -2.59. The van der Waals surface area contributed by atoms with Gasteiger partial charge in [0.25, 0.3) is 10.0 Å². The Morgan fingerprint density at radius 3 is 2.23 bits per heavy atom. The van der Waals surface area contributed by atoms with Crippen LogP contribution in [0.1, 0.15) is 23.0 Å². The summed E-state index contributed by atoms with van der Waals surface area (Å²) in [5, 5.41) is 7.04. The van der Waals surface area contributed by atoms with Crippen molar-refractivity contribution in [3.8, 4) is 5.69 Å². The highest BCUT2D eigenvalue weighted by molar-refractivity contribution is 7.92. The Hall–Kier alpha value is -3.66. The monoisotopic (exact) mass is 428 g/mol. The van der Waals surface area contributed by atoms with Gasteiger partial charge in [-0.1, -0.05) is 0 Å². The van der Waals surface area contributed by atoms with Gasteiger partial charge in [0.2, 0.25) is 5.91 Å². The second-order valence-electron chi connectivity index (χ2n) is 6.43. The van der Waals surface area contributed by atoms with Gasteiger partial charge in [-0.05, 0) is 55.5 Å². The Morgan fingerprint density at radius 1 is 1.03 bits per heavy atom. The number of amides is 1. The first-order valence-corrected chi connectivity index (χ1v) is 10.3. The molecule has 1 aromatic heterocycles. The standard InChI is InChI=1S/C20H20N4O5S/c1-13-12-19(21-14(2)25)24(22-13)17-8-6-16(7-9-17)23-30(27,28)18-10-4-15(5-11-18)20(26)29-3/h4-12,23H,1-3H3,(H,21,25). The fourth-order valence-electron chi connectivity index (χ4n) is 2.74. The van der Waals surface area contributed by atoms with E-state index in [-0.39, 0.29) is 16.4 Å². The lowest BCUT2D eigenvalue weighted by Gasteiger charge is -2.11. The van der Waals surface area contributed by atoms with Gasteiger partial charge >= 0.3 is 5.97 Å². The molecule has 1 amide bonds. The number of methoxy groups -OCH3 is 1. The van der Waals surface area contributed by atoms with Crippen LogP contribution in [0.4, 0.5) is 11.5 Å². The first-order chi connectivity index (χ1) is 14.2. The molecule has 30 heavy (non-hydrogen) atoms. The van der Waals surface area contributed by atoms with Gasteiger partial charge in [-0.3, -0.25) is 9.52 Å². The summed E-state index contributed by atoms with van der Waals surface area (Å²) in [6.07, 6.45) is 0. The molecule has 0 saturated heterocycles. The molecule has 0 fully saturated rings. The van der Waals surface area contributed by atoms with Gasteiger partial charge in [0.1, 0.15) is 5.82 Å². The van der Waals surface area contributed by atoms with Gasteiger partial charge in [0.05, 0.1) is 29.0 Å². The second-order valence-corrected chi connectivity index (χ2v) is 8.11. The summed E-state index contributed by atoms with van der Waals surface area (Å²) in [5.41, 5.74) is 1.97. The molecule has 0 aliphatic carbocycles. The summed E-state index contributed by atoms with van der Waals surface area (Å²) in [6, 6.07) is 13.7. The van der Waals surface area contributed by atoms with Gasteiger partial charge in [0, 0.05) is 18.7 Å². The van der Waals surface area contributed by atoms with Crippen molar-refractivity contribution < 1.29 is 22.7 Å². The van der Waals surface area contributed by atoms with Gasteiger partial charge in [-0.25, -0.2) is 17.9 Å². The first-order valence-electron chi connectivity index (χ1n) is 8.85. The molecule has 3 rings (SSSR count). The minimum Gasteiger partial charge on any atom is -0.465 e. The zero-order chi connectivity index (χ0) is 21.9. The SMILES string of the molecule is COC(=O)c1ccc(S(=O)(=O)Nc2ccc(-n3nc(C)cc3NC(C)=O)cc2)cc1. The number of rotatable bonds is 6. The molecule has 0 aliphatic rings. The predicted molar refractivity (Wildman–Crippen MR) is 111 cm³/mol. The number of carbonyl (C=O) groups excluding carboxylic acids is 2. The van der Waals surface area contributed by atoms with Gasteiger partial charge < -0.3 is 10.1 Å². The summed E-state index contributed by atoms with van der Waals surface area (Å²) in [6.45, 7) is 3.21. The first kappa shape index (κ1) is 21.1. The molecule has 0 unspecified atom stereocenters. The van der Waals surface area contributed by atoms with Crippen molar-refractivity contribution >= 4 is 33.4 Å². The molecule has 156 valence electrons. The molecule has 2 aromatic carbocycles. The van der Waals surface area contributed by atoms with Crippen LogP contribution < -0.4 is 10.0 Å². The predicted octanol–water partition coefficient (Wildman–Crippen LogP) is 2.73. The van der Waals surface area contributed by atoms with E-state index in [1.54, 1.807) is 41.9 Å². The van der Waals surface area contributed by atoms with E-state index in [1.165, 1.54) is 38.3 Å². The lowest BCUT2D eigenvalue weighted by molar-refractivity contribution is -0.114. The molecule has 0 bridgehead atoms. The van der Waals surface area contributed by atoms with E-state index in [4.69, 9.17) is 0 Å². The van der Waals surface area contributed by atoms with Crippen molar-refractivity contribution in [1.82, 2.24) is 9.78 Å². The van der Waals surface area contributed by atoms with E-state index in [0.717, 1.165) is 5.69 Å². The van der Waals surface area contributed by atoms with Crippen molar-refractivity contribution in [2.24, 2.45) is 0 Å². The summed E-state index contributed by atoms with van der Waals surface area (Å²) < 4.78 is 33.8. The topological polar surface area (TPSA) is 119 Å². The number of aryl methyl sites for hydroxylation is 1. The average Bonchev–Trinajstić information content (AvgIpc) is 3.07. The number of nitrogens with zero attached hydrogens (tertiary/aromatic N) is 2. The second kappa shape index (κ2) is 8.37. The third-order valence-corrected chi connectivity index (χ3v) is 5.48. The molecule has 0 atom stereocenters. The molecule has 0 saturated carbocycles. The van der Waals surface area contributed by atoms with Crippen molar-refractivity contribution in [2.45, 2.75) is 18.7 Å². The fraction of sp³-hybridized carbons (Fsp3) is 0.150. The van der Waals surface area contributed by atoms with Crippen molar-refractivity contribution in [2.75, 3.05) is 17.1 Å². The Balaban J connectivity index is 1.80. The number of anilines is 2. The van der Waals surface area contributed by atoms with Gasteiger partial charge in [-0.2, -0.15) is 5.10 Å². The molecule has 10 heteroatoms. The van der Waals surface area contributed by atoms with Crippen LogP contribution in [0, 0.1) is 6.92 Å². The van der Waals surface area contributed by atoms with E-state index in [0.29, 0.717) is 17.2 Å². The number of sulfonamides is 1. The molecule has 9 nitrogen and oxygen atoms in total. The lowest BCUT2D eigenvalue weighted by atomic mass is 10.2. The van der Waals surface area contributed by atoms with Crippen LogP contribution in [0.15, 0.2) is 59.5 Å². The van der Waals surface area contributed by atoms with Crippen LogP contribution in [0.25, 0.3) is 5.69 Å². The Kier molecular flexibility index (Phi) is 5.88. The summed E-state index contributed by atoms with van der Waals surface area (Å²) in [4.78, 5) is 22.9. The number of aromatic nitrogens is 2. The average molecular weight is 428 g/mol. The maximum atomic E-state index is 12.6. The maximum absolute atomic E-state index is 12.6. The van der Waals surface area contributed by atoms with Crippen LogP contribution in [-0.2, 0) is 19.6 Å². The molecular formula is C20H20N4O5S. The minimum absolute atomic E-state index is 0.00914. The number of esters is 1. The number of hydrogen-bond acceptors (Lipinski definition) is 6. The van der Waals surface area contributed by atoms with E-state index >= 15 is 0 Å². The maximum Gasteiger partial charge on any atom is 0.337 e. The van der Waals surface area contributed by atoms with E-state index < -0.39 is 16.0 Å². The Bertz CT molecular complexity index is 1180. The molecule has 0 spiro atoms. The molecule has 0 radical (unpaired) electrons. The number of benzene rings is 2. The van der Waals surface area contributed by atoms with E-state index in [2.05, 4.69) is 19.9 Å². The molecular weight excluding hydrogens is 408 g/mol. The number of ether oxygens (including phenoxy) is 1.